The predicted octanol–water partition coefficient (Wildman–Crippen LogP) is -3.00. The largest absolute Gasteiger partial charge is 3.00 e. The van der Waals surface area contributed by atoms with Crippen LogP contribution in [0.3, 0.4) is 0 Å². The normalized spacial score (nSPS) is 5.77. The Bertz CT molecular complexity index is 121. The minimum atomic E-state index is -2.91. The van der Waals surface area contributed by atoms with E-state index in [9.17, 15) is 0 Å². The molecule has 0 aliphatic heterocycles. The van der Waals surface area contributed by atoms with Crippen LogP contribution in [-0.4, -0.2) is 24.7 Å². The smallest absolute Gasteiger partial charge is 0.572 e. The summed E-state index contributed by atoms with van der Waals surface area (Å²) < 4.78 is 26.5. The van der Waals surface area contributed by atoms with Gasteiger partial charge in [-0.3, -0.25) is 0 Å². The van der Waals surface area contributed by atoms with Gasteiger partial charge in [-0.1, -0.05) is 0 Å². The molecule has 0 spiro atoms. The zero-order chi connectivity index (χ0) is 10.7. The van der Waals surface area contributed by atoms with Crippen molar-refractivity contribution in [3.05, 3.63) is 0 Å². The van der Waals surface area contributed by atoms with E-state index in [-0.39, 0.29) is 22.4 Å². The van der Waals surface area contributed by atoms with Gasteiger partial charge in [0.25, 0.3) is 24.7 Å². The van der Waals surface area contributed by atoms with Gasteiger partial charge in [0.2, 0.25) is 0 Å². The van der Waals surface area contributed by atoms with Crippen LogP contribution >= 0.6 is 33.2 Å². The summed E-state index contributed by atoms with van der Waals surface area (Å²) in [5.74, 6) is 0. The van der Waals surface area contributed by atoms with Crippen LogP contribution in [0.1, 0.15) is 0 Å². The van der Waals surface area contributed by atoms with Gasteiger partial charge >= 0.3 is 22.4 Å². The molecule has 0 aromatic heterocycles. The zero-order valence-electron chi connectivity index (χ0n) is 5.38. The third kappa shape index (κ3) is 1420. The Balaban J connectivity index is -0.0000000450. The van der Waals surface area contributed by atoms with Crippen LogP contribution in [0.2, 0.25) is 0 Å². The number of hydrogen-bond acceptors (Lipinski definition) is 6. The SMILES string of the molecule is O=[Si]([O-])Cl.O=[Si]([O-])Cl.O=[Si]([O-])Cl.[Au+3]. The minimum Gasteiger partial charge on any atom is -0.572 e. The second-order valence-corrected chi connectivity index (χ2v) is 4.92. The first-order valence-electron chi connectivity index (χ1n) is 1.79. The maximum atomic E-state index is 8.84. The van der Waals surface area contributed by atoms with Crippen molar-refractivity contribution in [2.45, 2.75) is 0 Å². The number of halogens is 3. The summed E-state index contributed by atoms with van der Waals surface area (Å²) in [6, 6.07) is 0. The first-order valence-corrected chi connectivity index (χ1v) is 8.78. The summed E-state index contributed by atoms with van der Waals surface area (Å²) in [6.45, 7) is 0. The molecule has 0 heterocycles. The van der Waals surface area contributed by atoms with Gasteiger partial charge in [-0.05, 0) is 0 Å². The molecule has 0 bridgehead atoms. The molecule has 0 atom stereocenters. The molecule has 0 unspecified atom stereocenters. The quantitative estimate of drug-likeness (QED) is 0.268. The van der Waals surface area contributed by atoms with E-state index < -0.39 is 24.7 Å². The second-order valence-electron chi connectivity index (χ2n) is 0.713. The van der Waals surface area contributed by atoms with Gasteiger partial charge in [0.15, 0.2) is 0 Å². The van der Waals surface area contributed by atoms with E-state index in [4.69, 9.17) is 27.8 Å². The van der Waals surface area contributed by atoms with E-state index in [0.717, 1.165) is 0 Å². The van der Waals surface area contributed by atoms with Gasteiger partial charge < -0.3 is 27.8 Å². The fourth-order valence-corrected chi connectivity index (χ4v) is 0. The molecule has 80 valence electrons. The van der Waals surface area contributed by atoms with Crippen molar-refractivity contribution in [3.8, 4) is 0 Å². The molecule has 13 heavy (non-hydrogen) atoms. The fourth-order valence-electron chi connectivity index (χ4n) is 0. The average molecular weight is 484 g/mol. The van der Waals surface area contributed by atoms with Gasteiger partial charge in [-0.2, -0.15) is 0 Å². The van der Waals surface area contributed by atoms with E-state index in [2.05, 4.69) is 33.2 Å². The van der Waals surface area contributed by atoms with Crippen LogP contribution in [-0.2, 0) is 35.8 Å². The van der Waals surface area contributed by atoms with E-state index >= 15 is 0 Å². The van der Waals surface area contributed by atoms with Crippen molar-refractivity contribution in [1.82, 2.24) is 0 Å². The van der Waals surface area contributed by atoms with Gasteiger partial charge in [-0.15, -0.1) is 33.2 Å². The van der Waals surface area contributed by atoms with Crippen molar-refractivity contribution in [2.75, 3.05) is 0 Å². The van der Waals surface area contributed by atoms with Crippen molar-refractivity contribution in [1.29, 1.82) is 0 Å². The van der Waals surface area contributed by atoms with Crippen molar-refractivity contribution >= 4 is 57.9 Å². The molecule has 0 aromatic rings. The van der Waals surface area contributed by atoms with Gasteiger partial charge in [0.1, 0.15) is 0 Å². The predicted molar refractivity (Wildman–Crippen MR) is 36.9 cm³/mol. The Morgan fingerprint density at radius 3 is 0.692 bits per heavy atom. The Labute approximate surface area is 107 Å². The molecule has 0 saturated heterocycles. The zero-order valence-corrected chi connectivity index (χ0v) is 12.8. The maximum absolute atomic E-state index is 8.84. The summed E-state index contributed by atoms with van der Waals surface area (Å²) >= 11 is 12.8. The van der Waals surface area contributed by atoms with Crippen molar-refractivity contribution < 1.29 is 50.2 Å². The van der Waals surface area contributed by atoms with E-state index in [1.165, 1.54) is 0 Å². The third-order valence-corrected chi connectivity index (χ3v) is 0. The first kappa shape index (κ1) is 23.7. The van der Waals surface area contributed by atoms with Crippen LogP contribution in [0.15, 0.2) is 0 Å². The molecule has 0 N–H and O–H groups in total. The Hall–Kier alpha value is 1.06. The molecule has 0 aliphatic carbocycles. The summed E-state index contributed by atoms with van der Waals surface area (Å²) in [5, 5.41) is 0. The molecule has 13 heteroatoms. The van der Waals surface area contributed by atoms with Crippen LogP contribution in [0.25, 0.3) is 0 Å². The Morgan fingerprint density at radius 2 is 0.692 bits per heavy atom. The molecule has 0 fully saturated rings. The number of rotatable bonds is 0. The third-order valence-electron chi connectivity index (χ3n) is 0. The van der Waals surface area contributed by atoms with Crippen LogP contribution in [0.5, 0.6) is 0 Å². The molecule has 0 aromatic carbocycles. The Morgan fingerprint density at radius 1 is 0.692 bits per heavy atom. The monoisotopic (exact) mass is 482 g/mol. The van der Waals surface area contributed by atoms with E-state index in [1.807, 2.05) is 0 Å². The van der Waals surface area contributed by atoms with Gasteiger partial charge in [0, 0.05) is 0 Å². The molecule has 0 amide bonds. The van der Waals surface area contributed by atoms with E-state index in [0.29, 0.717) is 0 Å². The molecule has 0 rings (SSSR count). The van der Waals surface area contributed by atoms with Gasteiger partial charge in [-0.25, -0.2) is 0 Å². The summed E-state index contributed by atoms with van der Waals surface area (Å²) in [7, 11) is -8.72. The van der Waals surface area contributed by atoms with Gasteiger partial charge in [0.05, 0.1) is 0 Å². The van der Waals surface area contributed by atoms with Crippen LogP contribution in [0, 0.1) is 0 Å². The summed E-state index contributed by atoms with van der Waals surface area (Å²) in [5.41, 5.74) is 0. The minimum absolute atomic E-state index is 0. The van der Waals surface area contributed by atoms with Crippen LogP contribution < -0.4 is 14.4 Å². The van der Waals surface area contributed by atoms with Crippen molar-refractivity contribution in [2.24, 2.45) is 0 Å². The second kappa shape index (κ2) is 18.8. The molecular weight excluding hydrogens is 484 g/mol. The average Bonchev–Trinajstić information content (AvgIpc) is 1.54. The molecule has 0 saturated carbocycles. The first-order chi connectivity index (χ1) is 5.20. The molecular formula is AuCl3O6Si3. The Kier molecular flexibility index (Phi) is 34.2. The topological polar surface area (TPSA) is 120 Å². The number of hydrogen-bond donors (Lipinski definition) is 0. The fraction of sp³-hybridized carbons (Fsp3) is 0. The molecule has 0 radical (unpaired) electrons. The van der Waals surface area contributed by atoms with Crippen molar-refractivity contribution in [3.63, 3.8) is 0 Å². The molecule has 0 aliphatic rings. The summed E-state index contributed by atoms with van der Waals surface area (Å²) in [4.78, 5) is 26.5. The van der Waals surface area contributed by atoms with E-state index in [1.54, 1.807) is 0 Å². The molecule has 6 nitrogen and oxygen atoms in total. The van der Waals surface area contributed by atoms with Crippen LogP contribution in [0.4, 0.5) is 0 Å². The summed E-state index contributed by atoms with van der Waals surface area (Å²) in [6.07, 6.45) is 0. The standard InChI is InChI=1S/Au.3ClO2Si/c;3*1-4(2)3/q+3;3*-1. The maximum Gasteiger partial charge on any atom is 3.00 e.